The molecule has 1 fully saturated rings. The van der Waals surface area contributed by atoms with E-state index in [4.69, 9.17) is 4.74 Å². The SMILES string of the molecule is c1ccc2cc(OCCNC3CCNC3)ccc2c1. The van der Waals surface area contributed by atoms with Crippen molar-refractivity contribution < 1.29 is 4.74 Å². The van der Waals surface area contributed by atoms with Crippen LogP contribution < -0.4 is 15.4 Å². The molecule has 0 amide bonds. The zero-order chi connectivity index (χ0) is 12.9. The first-order chi connectivity index (χ1) is 9.42. The summed E-state index contributed by atoms with van der Waals surface area (Å²) in [6.07, 6.45) is 1.22. The summed E-state index contributed by atoms with van der Waals surface area (Å²) in [6.45, 7) is 3.83. The van der Waals surface area contributed by atoms with Crippen LogP contribution in [0, 0.1) is 0 Å². The molecule has 2 aromatic rings. The van der Waals surface area contributed by atoms with Crippen LogP contribution in [0.2, 0.25) is 0 Å². The molecular formula is C16H20N2O. The lowest BCUT2D eigenvalue weighted by Crippen LogP contribution is -2.34. The van der Waals surface area contributed by atoms with Crippen molar-refractivity contribution in [1.29, 1.82) is 0 Å². The molecule has 0 radical (unpaired) electrons. The molecule has 1 heterocycles. The third-order valence-corrected chi connectivity index (χ3v) is 3.59. The van der Waals surface area contributed by atoms with Gasteiger partial charge in [0.1, 0.15) is 12.4 Å². The molecule has 0 aromatic heterocycles. The molecule has 2 N–H and O–H groups in total. The van der Waals surface area contributed by atoms with Crippen LogP contribution in [-0.4, -0.2) is 32.3 Å². The van der Waals surface area contributed by atoms with E-state index in [9.17, 15) is 0 Å². The normalized spacial score (nSPS) is 18.8. The highest BCUT2D eigenvalue weighted by molar-refractivity contribution is 5.83. The fourth-order valence-electron chi connectivity index (χ4n) is 2.52. The third-order valence-electron chi connectivity index (χ3n) is 3.59. The summed E-state index contributed by atoms with van der Waals surface area (Å²) in [4.78, 5) is 0. The first-order valence-corrected chi connectivity index (χ1v) is 6.97. The maximum Gasteiger partial charge on any atom is 0.120 e. The molecule has 3 heteroatoms. The highest BCUT2D eigenvalue weighted by Crippen LogP contribution is 2.20. The Balaban J connectivity index is 1.50. The fraction of sp³-hybridized carbons (Fsp3) is 0.375. The van der Waals surface area contributed by atoms with Crippen molar-refractivity contribution in [2.45, 2.75) is 12.5 Å². The Hall–Kier alpha value is -1.58. The molecule has 1 aliphatic heterocycles. The van der Waals surface area contributed by atoms with Crippen LogP contribution in [0.25, 0.3) is 10.8 Å². The van der Waals surface area contributed by atoms with Gasteiger partial charge < -0.3 is 15.4 Å². The molecular weight excluding hydrogens is 236 g/mol. The zero-order valence-electron chi connectivity index (χ0n) is 11.1. The summed E-state index contributed by atoms with van der Waals surface area (Å²) in [5.41, 5.74) is 0. The Kier molecular flexibility index (Phi) is 3.96. The van der Waals surface area contributed by atoms with Crippen molar-refractivity contribution in [3.05, 3.63) is 42.5 Å². The molecule has 1 aliphatic rings. The Morgan fingerprint density at radius 2 is 2.05 bits per heavy atom. The first kappa shape index (κ1) is 12.5. The van der Waals surface area contributed by atoms with Gasteiger partial charge in [-0.15, -0.1) is 0 Å². The molecule has 0 spiro atoms. The molecule has 100 valence electrons. The van der Waals surface area contributed by atoms with E-state index >= 15 is 0 Å². The molecule has 3 rings (SSSR count). The van der Waals surface area contributed by atoms with Gasteiger partial charge >= 0.3 is 0 Å². The van der Waals surface area contributed by atoms with Crippen LogP contribution in [0.5, 0.6) is 5.75 Å². The van der Waals surface area contributed by atoms with Crippen LogP contribution in [0.4, 0.5) is 0 Å². The predicted octanol–water partition coefficient (Wildman–Crippen LogP) is 2.17. The second-order valence-corrected chi connectivity index (χ2v) is 5.00. The number of ether oxygens (including phenoxy) is 1. The van der Waals surface area contributed by atoms with Gasteiger partial charge in [0.15, 0.2) is 0 Å². The van der Waals surface area contributed by atoms with Crippen molar-refractivity contribution in [2.24, 2.45) is 0 Å². The summed E-state index contributed by atoms with van der Waals surface area (Å²) in [7, 11) is 0. The van der Waals surface area contributed by atoms with Crippen molar-refractivity contribution >= 4 is 10.8 Å². The van der Waals surface area contributed by atoms with Crippen molar-refractivity contribution in [1.82, 2.24) is 10.6 Å². The Labute approximate surface area is 114 Å². The Bertz CT molecular complexity index is 535. The largest absolute Gasteiger partial charge is 0.492 e. The molecule has 1 atom stereocenters. The minimum Gasteiger partial charge on any atom is -0.492 e. The van der Waals surface area contributed by atoms with Gasteiger partial charge in [-0.05, 0) is 35.9 Å². The summed E-state index contributed by atoms with van der Waals surface area (Å²) < 4.78 is 5.79. The van der Waals surface area contributed by atoms with Gasteiger partial charge in [0, 0.05) is 19.1 Å². The summed E-state index contributed by atoms with van der Waals surface area (Å²) >= 11 is 0. The minimum absolute atomic E-state index is 0.611. The monoisotopic (exact) mass is 256 g/mol. The van der Waals surface area contributed by atoms with Crippen LogP contribution in [0.15, 0.2) is 42.5 Å². The standard InChI is InChI=1S/C16H20N2O/c1-2-4-14-11-16(6-5-13(14)3-1)19-10-9-18-15-7-8-17-12-15/h1-6,11,15,17-18H,7-10,12H2. The summed E-state index contributed by atoms with van der Waals surface area (Å²) in [6, 6.07) is 15.2. The minimum atomic E-state index is 0.611. The van der Waals surface area contributed by atoms with Gasteiger partial charge in [-0.3, -0.25) is 0 Å². The average Bonchev–Trinajstić information content (AvgIpc) is 2.97. The summed E-state index contributed by atoms with van der Waals surface area (Å²) in [5, 5.41) is 9.33. The lowest BCUT2D eigenvalue weighted by atomic mass is 10.1. The van der Waals surface area contributed by atoms with Crippen LogP contribution >= 0.6 is 0 Å². The number of hydrogen-bond acceptors (Lipinski definition) is 3. The maximum atomic E-state index is 5.79. The highest BCUT2D eigenvalue weighted by atomic mass is 16.5. The zero-order valence-corrected chi connectivity index (χ0v) is 11.1. The van der Waals surface area contributed by atoms with Gasteiger partial charge in [-0.2, -0.15) is 0 Å². The molecule has 1 saturated heterocycles. The van der Waals surface area contributed by atoms with E-state index in [1.807, 2.05) is 6.07 Å². The van der Waals surface area contributed by atoms with Crippen molar-refractivity contribution in [3.63, 3.8) is 0 Å². The van der Waals surface area contributed by atoms with Crippen LogP contribution in [-0.2, 0) is 0 Å². The van der Waals surface area contributed by atoms with Crippen molar-refractivity contribution in [3.8, 4) is 5.75 Å². The van der Waals surface area contributed by atoms with Crippen LogP contribution in [0.3, 0.4) is 0 Å². The van der Waals surface area contributed by atoms with Gasteiger partial charge in [0.05, 0.1) is 0 Å². The second kappa shape index (κ2) is 6.04. The number of benzene rings is 2. The molecule has 0 bridgehead atoms. The molecule has 3 nitrogen and oxygen atoms in total. The van der Waals surface area contributed by atoms with Gasteiger partial charge in [-0.25, -0.2) is 0 Å². The smallest absolute Gasteiger partial charge is 0.120 e. The fourth-order valence-corrected chi connectivity index (χ4v) is 2.52. The average molecular weight is 256 g/mol. The Morgan fingerprint density at radius 3 is 2.89 bits per heavy atom. The van der Waals surface area contributed by atoms with Gasteiger partial charge in [0.25, 0.3) is 0 Å². The molecule has 1 unspecified atom stereocenters. The topological polar surface area (TPSA) is 33.3 Å². The van der Waals surface area contributed by atoms with E-state index in [0.29, 0.717) is 6.04 Å². The highest BCUT2D eigenvalue weighted by Gasteiger charge is 2.12. The first-order valence-electron chi connectivity index (χ1n) is 6.97. The lowest BCUT2D eigenvalue weighted by molar-refractivity contribution is 0.307. The number of fused-ring (bicyclic) bond motifs is 1. The van der Waals surface area contributed by atoms with Crippen LogP contribution in [0.1, 0.15) is 6.42 Å². The van der Waals surface area contributed by atoms with E-state index < -0.39 is 0 Å². The molecule has 0 saturated carbocycles. The lowest BCUT2D eigenvalue weighted by Gasteiger charge is -2.12. The predicted molar refractivity (Wildman–Crippen MR) is 78.7 cm³/mol. The second-order valence-electron chi connectivity index (χ2n) is 5.00. The summed E-state index contributed by atoms with van der Waals surface area (Å²) in [5.74, 6) is 0.949. The van der Waals surface area contributed by atoms with E-state index in [2.05, 4.69) is 47.0 Å². The number of rotatable bonds is 5. The Morgan fingerprint density at radius 1 is 1.16 bits per heavy atom. The number of hydrogen-bond donors (Lipinski definition) is 2. The maximum absolute atomic E-state index is 5.79. The molecule has 0 aliphatic carbocycles. The van der Waals surface area contributed by atoms with Gasteiger partial charge in [0.2, 0.25) is 0 Å². The quantitative estimate of drug-likeness (QED) is 0.804. The number of nitrogens with one attached hydrogen (secondary N) is 2. The van der Waals surface area contributed by atoms with E-state index in [1.54, 1.807) is 0 Å². The van der Waals surface area contributed by atoms with Crippen molar-refractivity contribution in [2.75, 3.05) is 26.2 Å². The van der Waals surface area contributed by atoms with E-state index in [-0.39, 0.29) is 0 Å². The molecule has 19 heavy (non-hydrogen) atoms. The van der Waals surface area contributed by atoms with E-state index in [0.717, 1.165) is 32.0 Å². The third kappa shape index (κ3) is 3.25. The van der Waals surface area contributed by atoms with Gasteiger partial charge in [-0.1, -0.05) is 30.3 Å². The van der Waals surface area contributed by atoms with E-state index in [1.165, 1.54) is 17.2 Å². The molecule has 2 aromatic carbocycles.